The fourth-order valence-corrected chi connectivity index (χ4v) is 2.81. The Morgan fingerprint density at radius 2 is 2.00 bits per heavy atom. The lowest BCUT2D eigenvalue weighted by atomic mass is 10.0. The van der Waals surface area contributed by atoms with E-state index in [0.29, 0.717) is 0 Å². The number of halogens is 1. The highest BCUT2D eigenvalue weighted by molar-refractivity contribution is 6.35. The maximum atomic E-state index is 6.40. The van der Waals surface area contributed by atoms with Crippen LogP contribution in [0.4, 0.5) is 0 Å². The van der Waals surface area contributed by atoms with Crippen LogP contribution >= 0.6 is 11.6 Å². The molecule has 1 fully saturated rings. The summed E-state index contributed by atoms with van der Waals surface area (Å²) in [7, 11) is 0. The number of benzene rings is 2. The van der Waals surface area contributed by atoms with E-state index in [-0.39, 0.29) is 6.04 Å². The Bertz CT molecular complexity index is 620. The van der Waals surface area contributed by atoms with Crippen molar-refractivity contribution in [2.24, 2.45) is 11.7 Å². The van der Waals surface area contributed by atoms with E-state index in [1.807, 2.05) is 31.2 Å². The predicted octanol–water partition coefficient (Wildman–Crippen LogP) is 4.17. The second-order valence-corrected chi connectivity index (χ2v) is 6.24. The first kappa shape index (κ1) is 13.7. The molecule has 2 aromatic rings. The Hall–Kier alpha value is -1.25. The van der Waals surface area contributed by atoms with E-state index >= 15 is 0 Å². The quantitative estimate of drug-likeness (QED) is 0.896. The van der Waals surface area contributed by atoms with Gasteiger partial charge in [-0.05, 0) is 43.7 Å². The van der Waals surface area contributed by atoms with E-state index in [4.69, 9.17) is 22.1 Å². The average Bonchev–Trinajstić information content (AvgIpc) is 3.22. The summed E-state index contributed by atoms with van der Waals surface area (Å²) in [6.45, 7) is 2.81. The first-order chi connectivity index (χ1) is 9.65. The number of hydrogen-bond acceptors (Lipinski definition) is 2. The van der Waals surface area contributed by atoms with Crippen LogP contribution in [0.3, 0.4) is 0 Å². The fraction of sp³-hybridized carbons (Fsp3) is 0.412. The van der Waals surface area contributed by atoms with Crippen molar-refractivity contribution in [2.75, 3.05) is 6.61 Å². The minimum absolute atomic E-state index is 0.0931. The first-order valence-electron chi connectivity index (χ1n) is 7.23. The van der Waals surface area contributed by atoms with Crippen molar-refractivity contribution in [1.29, 1.82) is 0 Å². The van der Waals surface area contributed by atoms with Gasteiger partial charge in [0.25, 0.3) is 0 Å². The molecule has 0 heterocycles. The average molecular weight is 290 g/mol. The smallest absolute Gasteiger partial charge is 0.130 e. The largest absolute Gasteiger partial charge is 0.492 e. The SMILES string of the molecule is CC(N)Cc1cc(Cl)c2ccccc2c1OCC1CC1. The molecule has 3 heteroatoms. The summed E-state index contributed by atoms with van der Waals surface area (Å²) in [6.07, 6.45) is 3.35. The molecule has 1 aliphatic carbocycles. The minimum Gasteiger partial charge on any atom is -0.492 e. The lowest BCUT2D eigenvalue weighted by Gasteiger charge is -2.17. The molecule has 0 saturated heterocycles. The lowest BCUT2D eigenvalue weighted by molar-refractivity contribution is 0.300. The van der Waals surface area contributed by atoms with Crippen molar-refractivity contribution in [3.05, 3.63) is 40.9 Å². The van der Waals surface area contributed by atoms with Crippen molar-refractivity contribution in [3.8, 4) is 5.75 Å². The Kier molecular flexibility index (Phi) is 3.86. The van der Waals surface area contributed by atoms with Gasteiger partial charge in [0.05, 0.1) is 6.61 Å². The van der Waals surface area contributed by atoms with Crippen LogP contribution in [0.5, 0.6) is 5.75 Å². The van der Waals surface area contributed by atoms with Gasteiger partial charge in [0.15, 0.2) is 0 Å². The highest BCUT2D eigenvalue weighted by atomic mass is 35.5. The van der Waals surface area contributed by atoms with Gasteiger partial charge in [-0.15, -0.1) is 0 Å². The highest BCUT2D eigenvalue weighted by Crippen LogP contribution is 2.37. The summed E-state index contributed by atoms with van der Waals surface area (Å²) >= 11 is 6.40. The van der Waals surface area contributed by atoms with E-state index in [9.17, 15) is 0 Å². The van der Waals surface area contributed by atoms with Crippen LogP contribution < -0.4 is 10.5 Å². The maximum absolute atomic E-state index is 6.40. The molecule has 1 unspecified atom stereocenters. The number of ether oxygens (including phenoxy) is 1. The van der Waals surface area contributed by atoms with Crippen LogP contribution in [0.15, 0.2) is 30.3 Å². The Balaban J connectivity index is 2.05. The zero-order valence-electron chi connectivity index (χ0n) is 11.7. The molecule has 1 atom stereocenters. The first-order valence-corrected chi connectivity index (χ1v) is 7.61. The van der Waals surface area contributed by atoms with E-state index in [1.54, 1.807) is 0 Å². The van der Waals surface area contributed by atoms with Gasteiger partial charge in [0.1, 0.15) is 5.75 Å². The van der Waals surface area contributed by atoms with Crippen molar-refractivity contribution in [2.45, 2.75) is 32.2 Å². The molecule has 0 aromatic heterocycles. The summed E-state index contributed by atoms with van der Waals surface area (Å²) in [6, 6.07) is 10.2. The molecular weight excluding hydrogens is 270 g/mol. The minimum atomic E-state index is 0.0931. The number of rotatable bonds is 5. The van der Waals surface area contributed by atoms with E-state index in [0.717, 1.165) is 46.1 Å². The molecule has 2 aromatic carbocycles. The van der Waals surface area contributed by atoms with Crippen LogP contribution in [-0.4, -0.2) is 12.6 Å². The van der Waals surface area contributed by atoms with Crippen molar-refractivity contribution < 1.29 is 4.74 Å². The second kappa shape index (κ2) is 5.63. The predicted molar refractivity (Wildman–Crippen MR) is 84.5 cm³/mol. The van der Waals surface area contributed by atoms with Crippen LogP contribution in [0.1, 0.15) is 25.3 Å². The molecule has 20 heavy (non-hydrogen) atoms. The zero-order valence-corrected chi connectivity index (χ0v) is 12.5. The molecule has 2 N–H and O–H groups in total. The van der Waals surface area contributed by atoms with Gasteiger partial charge in [-0.2, -0.15) is 0 Å². The molecule has 0 amide bonds. The van der Waals surface area contributed by atoms with E-state index < -0.39 is 0 Å². The monoisotopic (exact) mass is 289 g/mol. The molecule has 106 valence electrons. The maximum Gasteiger partial charge on any atom is 0.130 e. The van der Waals surface area contributed by atoms with Crippen LogP contribution in [0.25, 0.3) is 10.8 Å². The Labute approximate surface area is 124 Å². The molecule has 1 aliphatic rings. The summed E-state index contributed by atoms with van der Waals surface area (Å²) in [5, 5.41) is 2.92. The van der Waals surface area contributed by atoms with Crippen LogP contribution in [0.2, 0.25) is 5.02 Å². The van der Waals surface area contributed by atoms with Gasteiger partial charge in [0.2, 0.25) is 0 Å². The number of nitrogens with two attached hydrogens (primary N) is 1. The third-order valence-electron chi connectivity index (χ3n) is 3.72. The zero-order chi connectivity index (χ0) is 14.1. The van der Waals surface area contributed by atoms with Crippen molar-refractivity contribution >= 4 is 22.4 Å². The van der Waals surface area contributed by atoms with E-state index in [2.05, 4.69) is 6.07 Å². The van der Waals surface area contributed by atoms with Gasteiger partial charge in [-0.3, -0.25) is 0 Å². The molecule has 3 rings (SSSR count). The van der Waals surface area contributed by atoms with Crippen LogP contribution in [-0.2, 0) is 6.42 Å². The van der Waals surface area contributed by atoms with Crippen molar-refractivity contribution in [3.63, 3.8) is 0 Å². The second-order valence-electron chi connectivity index (χ2n) is 5.83. The molecule has 2 nitrogen and oxygen atoms in total. The topological polar surface area (TPSA) is 35.2 Å². The molecule has 0 radical (unpaired) electrons. The van der Waals surface area contributed by atoms with Crippen molar-refractivity contribution in [1.82, 2.24) is 0 Å². The summed E-state index contributed by atoms with van der Waals surface area (Å²) < 4.78 is 6.12. The van der Waals surface area contributed by atoms with Crippen LogP contribution in [0, 0.1) is 5.92 Å². The lowest BCUT2D eigenvalue weighted by Crippen LogP contribution is -2.18. The Morgan fingerprint density at radius 1 is 1.30 bits per heavy atom. The third-order valence-corrected chi connectivity index (χ3v) is 4.04. The molecule has 0 aliphatic heterocycles. The van der Waals surface area contributed by atoms with E-state index in [1.165, 1.54) is 12.8 Å². The molecular formula is C17H20ClNO. The fourth-order valence-electron chi connectivity index (χ4n) is 2.51. The van der Waals surface area contributed by atoms with Gasteiger partial charge in [0, 0.05) is 21.8 Å². The highest BCUT2D eigenvalue weighted by Gasteiger charge is 2.23. The van der Waals surface area contributed by atoms with Gasteiger partial charge in [-0.1, -0.05) is 35.9 Å². The molecule has 1 saturated carbocycles. The molecule has 0 bridgehead atoms. The standard InChI is InChI=1S/C17H20ClNO/c1-11(19)8-13-9-16(18)14-4-2-3-5-15(14)17(13)20-10-12-6-7-12/h2-5,9,11-12H,6-8,10,19H2,1H3. The number of fused-ring (bicyclic) bond motifs is 1. The Morgan fingerprint density at radius 3 is 2.65 bits per heavy atom. The van der Waals surface area contributed by atoms with Gasteiger partial charge < -0.3 is 10.5 Å². The molecule has 0 spiro atoms. The van der Waals surface area contributed by atoms with Gasteiger partial charge in [-0.25, -0.2) is 0 Å². The van der Waals surface area contributed by atoms with Gasteiger partial charge >= 0.3 is 0 Å². The summed E-state index contributed by atoms with van der Waals surface area (Å²) in [5.41, 5.74) is 7.07. The normalized spacial score (nSPS) is 16.4. The summed E-state index contributed by atoms with van der Waals surface area (Å²) in [4.78, 5) is 0. The summed E-state index contributed by atoms with van der Waals surface area (Å²) in [5.74, 6) is 1.70. The number of hydrogen-bond donors (Lipinski definition) is 1. The third kappa shape index (κ3) is 2.92.